The molecule has 150 valence electrons. The maximum Gasteiger partial charge on any atom is 0.243 e. The Bertz CT molecular complexity index is 751. The Morgan fingerprint density at radius 2 is 1.79 bits per heavy atom. The first-order valence-corrected chi connectivity index (χ1v) is 10.0. The van der Waals surface area contributed by atoms with E-state index in [1.165, 1.54) is 18.7 Å². The quantitative estimate of drug-likeness (QED) is 0.531. The molecule has 2 unspecified atom stereocenters. The Kier molecular flexibility index (Phi) is 8.84. The molecule has 6 nitrogen and oxygen atoms in total. The van der Waals surface area contributed by atoms with Crippen LogP contribution in [0.1, 0.15) is 19.4 Å². The van der Waals surface area contributed by atoms with Gasteiger partial charge < -0.3 is 20.5 Å². The minimum atomic E-state index is -0.671. The molecule has 2 rings (SSSR count). The predicted molar refractivity (Wildman–Crippen MR) is 110 cm³/mol. The monoisotopic (exact) mass is 402 g/mol. The number of hydrogen-bond acceptors (Lipinski definition) is 5. The molecule has 2 amide bonds. The van der Waals surface area contributed by atoms with Crippen LogP contribution in [0.3, 0.4) is 0 Å². The molecule has 0 saturated carbocycles. The highest BCUT2D eigenvalue weighted by molar-refractivity contribution is 7.99. The molecule has 0 radical (unpaired) electrons. The standard InChI is InChI=1S/C21H26N2O4S/c1-15(24)12-22-21(26)20(23-16(2)25)14-28-19-10-8-18(9-11-19)27-13-17-6-4-3-5-7-17/h3-11,15,20,24H,12-14H2,1-2H3,(H,22,26)(H,23,25). The van der Waals surface area contributed by atoms with Crippen LogP contribution in [0.15, 0.2) is 59.5 Å². The van der Waals surface area contributed by atoms with E-state index in [0.717, 1.165) is 16.2 Å². The maximum absolute atomic E-state index is 12.2. The zero-order valence-corrected chi connectivity index (χ0v) is 16.9. The van der Waals surface area contributed by atoms with Crippen LogP contribution >= 0.6 is 11.8 Å². The van der Waals surface area contributed by atoms with Gasteiger partial charge in [0, 0.05) is 24.1 Å². The number of rotatable bonds is 10. The van der Waals surface area contributed by atoms with Gasteiger partial charge in [-0.15, -0.1) is 11.8 Å². The van der Waals surface area contributed by atoms with Crippen molar-refractivity contribution in [1.29, 1.82) is 0 Å². The molecule has 2 aromatic carbocycles. The molecule has 0 bridgehead atoms. The molecule has 0 heterocycles. The summed E-state index contributed by atoms with van der Waals surface area (Å²) >= 11 is 1.46. The third-order valence-electron chi connectivity index (χ3n) is 3.75. The van der Waals surface area contributed by atoms with E-state index in [4.69, 9.17) is 4.74 Å². The van der Waals surface area contributed by atoms with Crippen LogP contribution in [0.25, 0.3) is 0 Å². The molecule has 0 spiro atoms. The van der Waals surface area contributed by atoms with Crippen molar-refractivity contribution in [3.63, 3.8) is 0 Å². The summed E-state index contributed by atoms with van der Waals surface area (Å²) in [5.74, 6) is 0.560. The predicted octanol–water partition coefficient (Wildman–Crippen LogP) is 2.36. The molecule has 0 fully saturated rings. The lowest BCUT2D eigenvalue weighted by molar-refractivity contribution is -0.127. The summed E-state index contributed by atoms with van der Waals surface area (Å²) in [7, 11) is 0. The summed E-state index contributed by atoms with van der Waals surface area (Å²) in [6.45, 7) is 3.61. The van der Waals surface area contributed by atoms with Gasteiger partial charge in [-0.05, 0) is 36.8 Å². The normalized spacial score (nSPS) is 12.7. The molecule has 0 aliphatic rings. The van der Waals surface area contributed by atoms with Gasteiger partial charge in [-0.25, -0.2) is 0 Å². The second-order valence-electron chi connectivity index (χ2n) is 6.40. The van der Waals surface area contributed by atoms with Crippen LogP contribution in [-0.2, 0) is 16.2 Å². The molecule has 28 heavy (non-hydrogen) atoms. The van der Waals surface area contributed by atoms with Gasteiger partial charge in [-0.1, -0.05) is 30.3 Å². The minimum Gasteiger partial charge on any atom is -0.489 e. The first-order valence-electron chi connectivity index (χ1n) is 9.06. The average molecular weight is 403 g/mol. The van der Waals surface area contributed by atoms with Crippen LogP contribution in [0.5, 0.6) is 5.75 Å². The number of carbonyl (C=O) groups excluding carboxylic acids is 2. The number of amides is 2. The zero-order valence-electron chi connectivity index (χ0n) is 16.1. The van der Waals surface area contributed by atoms with Gasteiger partial charge in [0.05, 0.1) is 6.10 Å². The fourth-order valence-corrected chi connectivity index (χ4v) is 3.27. The number of aliphatic hydroxyl groups excluding tert-OH is 1. The summed E-state index contributed by atoms with van der Waals surface area (Å²) in [6.07, 6.45) is -0.641. The summed E-state index contributed by atoms with van der Waals surface area (Å²) < 4.78 is 5.76. The maximum atomic E-state index is 12.2. The van der Waals surface area contributed by atoms with E-state index in [0.29, 0.717) is 12.4 Å². The van der Waals surface area contributed by atoms with Crippen molar-refractivity contribution in [3.05, 3.63) is 60.2 Å². The van der Waals surface area contributed by atoms with E-state index in [2.05, 4.69) is 10.6 Å². The van der Waals surface area contributed by atoms with E-state index in [9.17, 15) is 14.7 Å². The molecule has 0 saturated heterocycles. The van der Waals surface area contributed by atoms with Crippen LogP contribution in [0.2, 0.25) is 0 Å². The lowest BCUT2D eigenvalue weighted by Gasteiger charge is -2.18. The van der Waals surface area contributed by atoms with Gasteiger partial charge in [0.2, 0.25) is 11.8 Å². The number of hydrogen-bond donors (Lipinski definition) is 3. The fourth-order valence-electron chi connectivity index (χ4n) is 2.35. The van der Waals surface area contributed by atoms with Gasteiger partial charge in [0.1, 0.15) is 18.4 Å². The first-order chi connectivity index (χ1) is 13.4. The zero-order chi connectivity index (χ0) is 20.4. The Labute approximate surface area is 169 Å². The largest absolute Gasteiger partial charge is 0.489 e. The van der Waals surface area contributed by atoms with Crippen molar-refractivity contribution in [3.8, 4) is 5.75 Å². The number of thioether (sulfide) groups is 1. The number of benzene rings is 2. The molecule has 7 heteroatoms. The summed E-state index contributed by atoms with van der Waals surface area (Å²) in [5, 5.41) is 14.6. The number of nitrogens with one attached hydrogen (secondary N) is 2. The highest BCUT2D eigenvalue weighted by Gasteiger charge is 2.19. The van der Waals surface area contributed by atoms with Crippen LogP contribution in [0, 0.1) is 0 Å². The van der Waals surface area contributed by atoms with Crippen molar-refractivity contribution >= 4 is 23.6 Å². The number of aliphatic hydroxyl groups is 1. The smallest absolute Gasteiger partial charge is 0.243 e. The van der Waals surface area contributed by atoms with Gasteiger partial charge in [0.15, 0.2) is 0 Å². The molecule has 2 aromatic rings. The Balaban J connectivity index is 1.86. The van der Waals surface area contributed by atoms with Gasteiger partial charge >= 0.3 is 0 Å². The molecule has 0 aromatic heterocycles. The van der Waals surface area contributed by atoms with E-state index in [-0.39, 0.29) is 18.4 Å². The van der Waals surface area contributed by atoms with Crippen molar-refractivity contribution in [1.82, 2.24) is 10.6 Å². The Morgan fingerprint density at radius 3 is 2.39 bits per heavy atom. The molecule has 0 aliphatic carbocycles. The number of ether oxygens (including phenoxy) is 1. The first kappa shape index (κ1) is 21.8. The lowest BCUT2D eigenvalue weighted by Crippen LogP contribution is -2.48. The Hall–Kier alpha value is -2.51. The van der Waals surface area contributed by atoms with Crippen molar-refractivity contribution in [2.45, 2.75) is 37.5 Å². The molecule has 0 aliphatic heterocycles. The summed E-state index contributed by atoms with van der Waals surface area (Å²) in [5.41, 5.74) is 1.10. The van der Waals surface area contributed by atoms with Gasteiger partial charge in [0.25, 0.3) is 0 Å². The van der Waals surface area contributed by atoms with Gasteiger partial charge in [-0.2, -0.15) is 0 Å². The summed E-state index contributed by atoms with van der Waals surface area (Å²) in [6, 6.07) is 16.9. The SMILES string of the molecule is CC(=O)NC(CSc1ccc(OCc2ccccc2)cc1)C(=O)NCC(C)O. The molecule has 2 atom stereocenters. The van der Waals surface area contributed by atoms with E-state index >= 15 is 0 Å². The van der Waals surface area contributed by atoms with Crippen molar-refractivity contribution in [2.24, 2.45) is 0 Å². The lowest BCUT2D eigenvalue weighted by atomic mass is 10.2. The average Bonchev–Trinajstić information content (AvgIpc) is 2.69. The number of carbonyl (C=O) groups is 2. The van der Waals surface area contributed by atoms with Crippen molar-refractivity contribution < 1.29 is 19.4 Å². The van der Waals surface area contributed by atoms with Crippen LogP contribution in [0.4, 0.5) is 0 Å². The van der Waals surface area contributed by atoms with Crippen LogP contribution < -0.4 is 15.4 Å². The van der Waals surface area contributed by atoms with E-state index < -0.39 is 12.1 Å². The highest BCUT2D eigenvalue weighted by Crippen LogP contribution is 2.22. The second kappa shape index (κ2) is 11.4. The van der Waals surface area contributed by atoms with Gasteiger partial charge in [-0.3, -0.25) is 9.59 Å². The van der Waals surface area contributed by atoms with E-state index in [1.807, 2.05) is 54.6 Å². The molecular formula is C21H26N2O4S. The third-order valence-corrected chi connectivity index (χ3v) is 4.86. The summed E-state index contributed by atoms with van der Waals surface area (Å²) in [4.78, 5) is 24.5. The molecule has 3 N–H and O–H groups in total. The van der Waals surface area contributed by atoms with Crippen molar-refractivity contribution in [2.75, 3.05) is 12.3 Å². The van der Waals surface area contributed by atoms with Crippen LogP contribution in [-0.4, -0.2) is 41.4 Å². The molecular weight excluding hydrogens is 376 g/mol. The fraction of sp³-hybridized carbons (Fsp3) is 0.333. The minimum absolute atomic E-state index is 0.146. The highest BCUT2D eigenvalue weighted by atomic mass is 32.2. The Morgan fingerprint density at radius 1 is 1.11 bits per heavy atom. The third kappa shape index (κ3) is 8.02. The topological polar surface area (TPSA) is 87.7 Å². The van der Waals surface area contributed by atoms with E-state index in [1.54, 1.807) is 6.92 Å². The second-order valence-corrected chi connectivity index (χ2v) is 7.50.